The van der Waals surface area contributed by atoms with Crippen molar-refractivity contribution in [2.24, 2.45) is 0 Å². The number of hydrogen-bond donors (Lipinski definition) is 1. The first-order chi connectivity index (χ1) is 11.5. The monoisotopic (exact) mass is 366 g/mol. The Morgan fingerprint density at radius 1 is 1.29 bits per heavy atom. The molecule has 0 spiro atoms. The summed E-state index contributed by atoms with van der Waals surface area (Å²) in [5.74, 6) is -0.278. The van der Waals surface area contributed by atoms with Crippen molar-refractivity contribution in [1.82, 2.24) is 5.32 Å². The lowest BCUT2D eigenvalue weighted by Gasteiger charge is -2.14. The number of aryl methyl sites for hydroxylation is 1. The van der Waals surface area contributed by atoms with Crippen molar-refractivity contribution in [3.63, 3.8) is 0 Å². The van der Waals surface area contributed by atoms with Crippen molar-refractivity contribution in [1.29, 1.82) is 0 Å². The highest BCUT2D eigenvalue weighted by Gasteiger charge is 2.32. The fourth-order valence-electron chi connectivity index (χ4n) is 2.21. The van der Waals surface area contributed by atoms with Gasteiger partial charge in [-0.05, 0) is 66.5 Å². The van der Waals surface area contributed by atoms with E-state index in [1.54, 1.807) is 6.08 Å². The summed E-state index contributed by atoms with van der Waals surface area (Å²) in [5.41, 5.74) is 1.92. The Kier molecular flexibility index (Phi) is 4.59. The van der Waals surface area contributed by atoms with E-state index in [-0.39, 0.29) is 16.8 Å². The SMILES string of the molecule is Cc1ccsc1/C=C1\NC(=S)N(c2ccc(OC(F)F)cc2)C1=O. The molecule has 1 saturated heterocycles. The molecule has 124 valence electrons. The van der Waals surface area contributed by atoms with Crippen molar-refractivity contribution in [2.45, 2.75) is 13.5 Å². The Bertz CT molecular complexity index is 816. The third kappa shape index (κ3) is 3.29. The van der Waals surface area contributed by atoms with Crippen LogP contribution >= 0.6 is 23.6 Å². The summed E-state index contributed by atoms with van der Waals surface area (Å²) in [6.07, 6.45) is 1.75. The second-order valence-corrected chi connectivity index (χ2v) is 6.30. The topological polar surface area (TPSA) is 41.6 Å². The number of carbonyl (C=O) groups excluding carboxylic acids is 1. The minimum absolute atomic E-state index is 0.0178. The van der Waals surface area contributed by atoms with Crippen molar-refractivity contribution in [3.05, 3.63) is 51.8 Å². The second-order valence-electron chi connectivity index (χ2n) is 4.97. The van der Waals surface area contributed by atoms with Crippen LogP contribution in [0.4, 0.5) is 14.5 Å². The largest absolute Gasteiger partial charge is 0.435 e. The molecule has 3 rings (SSSR count). The predicted octanol–water partition coefficient (Wildman–Crippen LogP) is 3.92. The minimum atomic E-state index is -2.89. The van der Waals surface area contributed by atoms with E-state index >= 15 is 0 Å². The van der Waals surface area contributed by atoms with E-state index in [1.165, 1.54) is 40.5 Å². The van der Waals surface area contributed by atoms with E-state index in [2.05, 4.69) is 10.1 Å². The van der Waals surface area contributed by atoms with Gasteiger partial charge in [-0.3, -0.25) is 9.69 Å². The van der Waals surface area contributed by atoms with Gasteiger partial charge in [0, 0.05) is 4.88 Å². The highest BCUT2D eigenvalue weighted by Crippen LogP contribution is 2.26. The van der Waals surface area contributed by atoms with Crippen molar-refractivity contribution >= 4 is 46.3 Å². The van der Waals surface area contributed by atoms with Crippen molar-refractivity contribution < 1.29 is 18.3 Å². The number of nitrogens with one attached hydrogen (secondary N) is 1. The maximum Gasteiger partial charge on any atom is 0.387 e. The summed E-state index contributed by atoms with van der Waals surface area (Å²) in [5, 5.41) is 5.07. The van der Waals surface area contributed by atoms with Gasteiger partial charge < -0.3 is 10.1 Å². The molecule has 0 saturated carbocycles. The molecule has 8 heteroatoms. The number of carbonyl (C=O) groups is 1. The van der Waals surface area contributed by atoms with E-state index in [1.807, 2.05) is 18.4 Å². The van der Waals surface area contributed by atoms with Crippen LogP contribution in [0.1, 0.15) is 10.4 Å². The van der Waals surface area contributed by atoms with Crippen LogP contribution in [0.3, 0.4) is 0 Å². The zero-order valence-electron chi connectivity index (χ0n) is 12.5. The van der Waals surface area contributed by atoms with Crippen LogP contribution in [0.5, 0.6) is 5.75 Å². The molecule has 1 aromatic carbocycles. The van der Waals surface area contributed by atoms with Gasteiger partial charge in [-0.15, -0.1) is 11.3 Å². The lowest BCUT2D eigenvalue weighted by atomic mass is 10.2. The molecular weight excluding hydrogens is 354 g/mol. The molecule has 1 amide bonds. The summed E-state index contributed by atoms with van der Waals surface area (Å²) < 4.78 is 28.7. The molecular formula is C16H12F2N2O2S2. The molecule has 2 aromatic rings. The summed E-state index contributed by atoms with van der Waals surface area (Å²) in [6.45, 7) is -0.935. The summed E-state index contributed by atoms with van der Waals surface area (Å²) in [7, 11) is 0. The van der Waals surface area contributed by atoms with Gasteiger partial charge in [-0.25, -0.2) is 0 Å². The predicted molar refractivity (Wildman–Crippen MR) is 93.3 cm³/mol. The molecule has 1 aromatic heterocycles. The molecule has 1 aliphatic rings. The minimum Gasteiger partial charge on any atom is -0.435 e. The molecule has 1 aliphatic heterocycles. The van der Waals surface area contributed by atoms with Crippen molar-refractivity contribution in [3.8, 4) is 5.75 Å². The third-order valence-electron chi connectivity index (χ3n) is 3.38. The van der Waals surface area contributed by atoms with Crippen LogP contribution in [-0.2, 0) is 4.79 Å². The summed E-state index contributed by atoms with van der Waals surface area (Å²) in [6, 6.07) is 7.70. The average Bonchev–Trinajstić information content (AvgIpc) is 3.04. The lowest BCUT2D eigenvalue weighted by Crippen LogP contribution is -2.30. The van der Waals surface area contributed by atoms with Gasteiger partial charge in [0.05, 0.1) is 5.69 Å². The van der Waals surface area contributed by atoms with Crippen LogP contribution < -0.4 is 15.0 Å². The number of thiocarbonyl (C=S) groups is 1. The Labute approximate surface area is 146 Å². The summed E-state index contributed by atoms with van der Waals surface area (Å²) >= 11 is 6.74. The smallest absolute Gasteiger partial charge is 0.387 e. The normalized spacial score (nSPS) is 16.2. The van der Waals surface area contributed by atoms with Gasteiger partial charge in [-0.2, -0.15) is 8.78 Å². The average molecular weight is 366 g/mol. The van der Waals surface area contributed by atoms with Crippen LogP contribution in [0.15, 0.2) is 41.4 Å². The van der Waals surface area contributed by atoms with Gasteiger partial charge >= 0.3 is 6.61 Å². The molecule has 0 radical (unpaired) electrons. The number of hydrogen-bond acceptors (Lipinski definition) is 4. The van der Waals surface area contributed by atoms with E-state index in [9.17, 15) is 13.6 Å². The third-order valence-corrected chi connectivity index (χ3v) is 4.63. The molecule has 4 nitrogen and oxygen atoms in total. The lowest BCUT2D eigenvalue weighted by molar-refractivity contribution is -0.113. The number of benzene rings is 1. The van der Waals surface area contributed by atoms with E-state index in [4.69, 9.17) is 12.2 Å². The van der Waals surface area contributed by atoms with Gasteiger partial charge in [0.15, 0.2) is 5.11 Å². The zero-order chi connectivity index (χ0) is 17.3. The van der Waals surface area contributed by atoms with Crippen LogP contribution in [0, 0.1) is 6.92 Å². The number of alkyl halides is 2. The molecule has 24 heavy (non-hydrogen) atoms. The molecule has 1 fully saturated rings. The fraction of sp³-hybridized carbons (Fsp3) is 0.125. The fourth-order valence-corrected chi connectivity index (χ4v) is 3.37. The number of halogens is 2. The Balaban J connectivity index is 1.84. The van der Waals surface area contributed by atoms with Gasteiger partial charge in [0.25, 0.3) is 5.91 Å². The first kappa shape index (κ1) is 16.5. The standard InChI is InChI=1S/C16H12F2N2O2S2/c1-9-6-7-24-13(9)8-12-14(21)20(16(23)19-12)10-2-4-11(5-3-10)22-15(17)18/h2-8,15H,1H3,(H,19,23)/b12-8-. The van der Waals surface area contributed by atoms with Crippen LogP contribution in [0.25, 0.3) is 6.08 Å². The number of rotatable bonds is 4. The maximum atomic E-state index is 12.6. The highest BCUT2D eigenvalue weighted by molar-refractivity contribution is 7.80. The molecule has 0 unspecified atom stereocenters. The first-order valence-electron chi connectivity index (χ1n) is 6.92. The summed E-state index contributed by atoms with van der Waals surface area (Å²) in [4.78, 5) is 14.9. The van der Waals surface area contributed by atoms with E-state index in [0.29, 0.717) is 11.4 Å². The number of thiophene rings is 1. The highest BCUT2D eigenvalue weighted by atomic mass is 32.1. The number of ether oxygens (including phenoxy) is 1. The van der Waals surface area contributed by atoms with Gasteiger partial charge in [0.1, 0.15) is 11.4 Å². The zero-order valence-corrected chi connectivity index (χ0v) is 14.1. The van der Waals surface area contributed by atoms with Crippen LogP contribution in [0.2, 0.25) is 0 Å². The van der Waals surface area contributed by atoms with E-state index in [0.717, 1.165) is 10.4 Å². The van der Waals surface area contributed by atoms with Gasteiger partial charge in [-0.1, -0.05) is 0 Å². The van der Waals surface area contributed by atoms with E-state index < -0.39 is 6.61 Å². The second kappa shape index (κ2) is 6.66. The number of nitrogens with zero attached hydrogens (tertiary/aromatic N) is 1. The first-order valence-corrected chi connectivity index (χ1v) is 8.20. The molecule has 0 atom stereocenters. The molecule has 0 bridgehead atoms. The molecule has 2 heterocycles. The Morgan fingerprint density at radius 3 is 2.58 bits per heavy atom. The van der Waals surface area contributed by atoms with Crippen molar-refractivity contribution in [2.75, 3.05) is 4.90 Å². The molecule has 1 N–H and O–H groups in total. The van der Waals surface area contributed by atoms with Crippen LogP contribution in [-0.4, -0.2) is 17.6 Å². The molecule has 0 aliphatic carbocycles. The quantitative estimate of drug-likeness (QED) is 0.658. The maximum absolute atomic E-state index is 12.6. The number of amides is 1. The van der Waals surface area contributed by atoms with Gasteiger partial charge in [0.2, 0.25) is 0 Å². The Morgan fingerprint density at radius 2 is 2.00 bits per heavy atom. The number of anilines is 1. The Hall–Kier alpha value is -2.32.